The van der Waals surface area contributed by atoms with Crippen LogP contribution in [0.15, 0.2) is 53.5 Å². The maximum atomic E-state index is 15.1. The van der Waals surface area contributed by atoms with E-state index in [0.29, 0.717) is 38.2 Å². The number of hydrogen-bond donors (Lipinski definition) is 2. The van der Waals surface area contributed by atoms with Crippen LogP contribution in [-0.2, 0) is 22.7 Å². The number of aromatic carboxylic acids is 1. The predicted molar refractivity (Wildman–Crippen MR) is 139 cm³/mol. The summed E-state index contributed by atoms with van der Waals surface area (Å²) in [4.78, 5) is 52.4. The fourth-order valence-electron chi connectivity index (χ4n) is 4.50. The van der Waals surface area contributed by atoms with Crippen molar-refractivity contribution in [1.29, 1.82) is 0 Å². The molecule has 0 saturated carbocycles. The van der Waals surface area contributed by atoms with Crippen LogP contribution in [0.3, 0.4) is 0 Å². The lowest BCUT2D eigenvalue weighted by molar-refractivity contribution is -0.133. The first-order chi connectivity index (χ1) is 18.2. The van der Waals surface area contributed by atoms with E-state index < -0.39 is 34.9 Å². The first kappa shape index (κ1) is 26.6. The van der Waals surface area contributed by atoms with Crippen LogP contribution in [0.5, 0.6) is 0 Å². The van der Waals surface area contributed by atoms with Gasteiger partial charge < -0.3 is 29.5 Å². The number of alkyl carbamates (subject to hydrolysis) is 1. The number of aryl methyl sites for hydroxylation is 1. The third-order valence-corrected chi connectivity index (χ3v) is 6.57. The van der Waals surface area contributed by atoms with E-state index in [1.807, 2.05) is 30.3 Å². The van der Waals surface area contributed by atoms with E-state index in [1.54, 1.807) is 34.3 Å². The van der Waals surface area contributed by atoms with Crippen LogP contribution < -0.4 is 15.6 Å². The van der Waals surface area contributed by atoms with Crippen molar-refractivity contribution < 1.29 is 28.6 Å². The van der Waals surface area contributed by atoms with E-state index >= 15 is 4.39 Å². The number of pyridine rings is 1. The summed E-state index contributed by atoms with van der Waals surface area (Å²) < 4.78 is 21.9. The van der Waals surface area contributed by atoms with Crippen molar-refractivity contribution in [2.75, 3.05) is 31.1 Å². The summed E-state index contributed by atoms with van der Waals surface area (Å²) in [6.07, 6.45) is 0.574. The minimum Gasteiger partial charge on any atom is -0.477 e. The molecule has 0 radical (unpaired) electrons. The van der Waals surface area contributed by atoms with Crippen LogP contribution in [0.4, 0.5) is 14.9 Å². The topological polar surface area (TPSA) is 121 Å². The molecule has 2 N–H and O–H groups in total. The smallest absolute Gasteiger partial charge is 0.408 e. The number of carbonyl (C=O) groups is 3. The molecule has 0 aliphatic carbocycles. The van der Waals surface area contributed by atoms with Gasteiger partial charge in [0.05, 0.1) is 11.2 Å². The summed E-state index contributed by atoms with van der Waals surface area (Å²) in [7, 11) is 0. The van der Waals surface area contributed by atoms with Gasteiger partial charge in [0.25, 0.3) is 0 Å². The summed E-state index contributed by atoms with van der Waals surface area (Å²) in [5.74, 6) is -2.28. The van der Waals surface area contributed by atoms with Crippen molar-refractivity contribution in [2.45, 2.75) is 33.0 Å². The molecule has 200 valence electrons. The Morgan fingerprint density at radius 1 is 1.11 bits per heavy atom. The van der Waals surface area contributed by atoms with Crippen molar-refractivity contribution in [3.63, 3.8) is 0 Å². The van der Waals surface area contributed by atoms with Gasteiger partial charge in [-0.25, -0.2) is 14.0 Å². The third kappa shape index (κ3) is 5.61. The molecule has 38 heavy (non-hydrogen) atoms. The maximum absolute atomic E-state index is 15.1. The van der Waals surface area contributed by atoms with E-state index in [0.717, 1.165) is 11.6 Å². The second kappa shape index (κ2) is 11.3. The molecule has 1 saturated heterocycles. The first-order valence-corrected chi connectivity index (χ1v) is 12.3. The van der Waals surface area contributed by atoms with Crippen LogP contribution in [-0.4, -0.2) is 64.8 Å². The monoisotopic (exact) mass is 524 g/mol. The number of carbonyl (C=O) groups excluding carboxylic acids is 2. The molecule has 10 nitrogen and oxygen atoms in total. The maximum Gasteiger partial charge on any atom is 0.408 e. The van der Waals surface area contributed by atoms with Gasteiger partial charge in [0.2, 0.25) is 11.3 Å². The van der Waals surface area contributed by atoms with Gasteiger partial charge in [0, 0.05) is 44.3 Å². The number of carboxylic acid groups (broad SMARTS) is 1. The average molecular weight is 525 g/mol. The minimum absolute atomic E-state index is 0.000799. The van der Waals surface area contributed by atoms with E-state index in [4.69, 9.17) is 4.74 Å². The fraction of sp³-hybridized carbons (Fsp3) is 0.333. The fourth-order valence-corrected chi connectivity index (χ4v) is 4.50. The Kier molecular flexibility index (Phi) is 7.94. The zero-order valence-corrected chi connectivity index (χ0v) is 21.1. The van der Waals surface area contributed by atoms with Crippen LogP contribution in [0.25, 0.3) is 10.9 Å². The van der Waals surface area contributed by atoms with E-state index in [-0.39, 0.29) is 23.6 Å². The quantitative estimate of drug-likeness (QED) is 0.488. The van der Waals surface area contributed by atoms with E-state index in [9.17, 15) is 24.3 Å². The molecule has 1 atom stereocenters. The highest BCUT2D eigenvalue weighted by Gasteiger charge is 2.28. The molecule has 2 heterocycles. The lowest BCUT2D eigenvalue weighted by Crippen LogP contribution is -2.54. The number of amides is 2. The molecule has 3 aromatic rings. The van der Waals surface area contributed by atoms with Crippen molar-refractivity contribution in [2.24, 2.45) is 0 Å². The number of halogens is 1. The zero-order valence-electron chi connectivity index (χ0n) is 21.1. The Bertz CT molecular complexity index is 1420. The van der Waals surface area contributed by atoms with E-state index in [1.165, 1.54) is 6.20 Å². The molecule has 1 aromatic heterocycles. The number of carboxylic acids is 1. The summed E-state index contributed by atoms with van der Waals surface area (Å²) in [5.41, 5.74) is 0.387. The summed E-state index contributed by atoms with van der Waals surface area (Å²) in [6, 6.07) is 11.0. The van der Waals surface area contributed by atoms with Gasteiger partial charge in [-0.2, -0.15) is 0 Å². The van der Waals surface area contributed by atoms with Gasteiger partial charge >= 0.3 is 12.1 Å². The number of benzene rings is 2. The highest BCUT2D eigenvalue weighted by atomic mass is 19.1. The van der Waals surface area contributed by atoms with Crippen molar-refractivity contribution in [3.8, 4) is 0 Å². The van der Waals surface area contributed by atoms with Crippen molar-refractivity contribution in [3.05, 3.63) is 75.8 Å². The normalized spacial score (nSPS) is 14.3. The molecular weight excluding hydrogens is 495 g/mol. The van der Waals surface area contributed by atoms with Gasteiger partial charge in [0.15, 0.2) is 0 Å². The highest BCUT2D eigenvalue weighted by molar-refractivity contribution is 5.93. The van der Waals surface area contributed by atoms with Crippen LogP contribution >= 0.6 is 0 Å². The lowest BCUT2D eigenvalue weighted by Gasteiger charge is -2.37. The highest BCUT2D eigenvalue weighted by Crippen LogP contribution is 2.26. The molecular formula is C27H29FN4O6. The molecule has 0 unspecified atom stereocenters. The first-order valence-electron chi connectivity index (χ1n) is 12.3. The number of aromatic nitrogens is 1. The van der Waals surface area contributed by atoms with Gasteiger partial charge in [0.1, 0.15) is 24.0 Å². The standard InChI is InChI=1S/C27H29FN4O6/c1-3-30-15-20(26(35)36)24(33)19-13-21(28)23(14-22(19)30)31-9-11-32(12-10-31)25(34)17(2)29-27(37)38-16-18-7-5-4-6-8-18/h4-8,13-15,17H,3,9-12,16H2,1-2H3,(H,29,37)(H,35,36)/t17-/m0/s1. The molecule has 2 aromatic carbocycles. The number of nitrogens with one attached hydrogen (secondary N) is 1. The summed E-state index contributed by atoms with van der Waals surface area (Å²) >= 11 is 0. The lowest BCUT2D eigenvalue weighted by atomic mass is 10.1. The Morgan fingerprint density at radius 2 is 1.79 bits per heavy atom. The molecule has 1 aliphatic heterocycles. The van der Waals surface area contributed by atoms with Gasteiger partial charge in [-0.1, -0.05) is 30.3 Å². The van der Waals surface area contributed by atoms with Crippen LogP contribution in [0.1, 0.15) is 29.8 Å². The van der Waals surface area contributed by atoms with Crippen LogP contribution in [0.2, 0.25) is 0 Å². The number of rotatable bonds is 7. The molecule has 0 bridgehead atoms. The predicted octanol–water partition coefficient (Wildman–Crippen LogP) is 2.82. The Morgan fingerprint density at radius 3 is 2.42 bits per heavy atom. The number of fused-ring (bicyclic) bond motifs is 1. The molecule has 2 amide bonds. The second-order valence-corrected chi connectivity index (χ2v) is 9.02. The number of hydrogen-bond acceptors (Lipinski definition) is 6. The number of anilines is 1. The Labute approximate surface area is 218 Å². The van der Waals surface area contributed by atoms with Crippen LogP contribution in [0, 0.1) is 5.82 Å². The number of piperazine rings is 1. The van der Waals surface area contributed by atoms with Gasteiger partial charge in [-0.3, -0.25) is 9.59 Å². The molecule has 1 aliphatic rings. The largest absolute Gasteiger partial charge is 0.477 e. The molecule has 1 fully saturated rings. The summed E-state index contributed by atoms with van der Waals surface area (Å²) in [5, 5.41) is 11.9. The van der Waals surface area contributed by atoms with Gasteiger partial charge in [-0.15, -0.1) is 0 Å². The zero-order chi connectivity index (χ0) is 27.4. The number of nitrogens with zero attached hydrogens (tertiary/aromatic N) is 3. The average Bonchev–Trinajstić information content (AvgIpc) is 2.92. The second-order valence-electron chi connectivity index (χ2n) is 9.02. The SMILES string of the molecule is CCn1cc(C(=O)O)c(=O)c2cc(F)c(N3CCN(C(=O)[C@H](C)NC(=O)OCc4ccccc4)CC3)cc21. The van der Waals surface area contributed by atoms with Crippen molar-refractivity contribution in [1.82, 2.24) is 14.8 Å². The van der Waals surface area contributed by atoms with Crippen molar-refractivity contribution >= 4 is 34.6 Å². The Hall–Kier alpha value is -4.41. The Balaban J connectivity index is 1.40. The van der Waals surface area contributed by atoms with Gasteiger partial charge in [-0.05, 0) is 31.5 Å². The molecule has 11 heteroatoms. The summed E-state index contributed by atoms with van der Waals surface area (Å²) in [6.45, 7) is 5.15. The number of ether oxygens (including phenoxy) is 1. The minimum atomic E-state index is -1.36. The molecule has 0 spiro atoms. The third-order valence-electron chi connectivity index (χ3n) is 6.57. The molecule has 4 rings (SSSR count). The van der Waals surface area contributed by atoms with E-state index in [2.05, 4.69) is 5.32 Å².